The van der Waals surface area contributed by atoms with E-state index in [1.165, 1.54) is 59.6 Å². The van der Waals surface area contributed by atoms with Gasteiger partial charge in [-0.3, -0.25) is 0 Å². The van der Waals surface area contributed by atoms with Gasteiger partial charge in [0.1, 0.15) is 0 Å². The van der Waals surface area contributed by atoms with Crippen LogP contribution in [0, 0.1) is 0 Å². The van der Waals surface area contributed by atoms with Gasteiger partial charge in [0.15, 0.2) is 0 Å². The first-order valence-electron chi connectivity index (χ1n) is 18.1. The summed E-state index contributed by atoms with van der Waals surface area (Å²) in [4.78, 5) is 7.39. The maximum Gasteiger partial charge on any atom is 0.0573 e. The fraction of sp³-hybridized carbons (Fsp3) is 0. The fourth-order valence-corrected chi connectivity index (χ4v) is 14.7. The SMILES string of the molecule is S=P12c3c4cccc3N(c3ccccc3)c3cccc(c31)N(c1ccc3c5ccccc5c5ccccc5c3c1)c1cccc(c12)N4c1ccccc1. The van der Waals surface area contributed by atoms with Gasteiger partial charge in [0.05, 0.1) is 40.2 Å². The first-order valence-corrected chi connectivity index (χ1v) is 20.9. The molecule has 9 aromatic carbocycles. The molecule has 0 N–H and O–H groups in total. The van der Waals surface area contributed by atoms with E-state index in [4.69, 9.17) is 11.8 Å². The predicted molar refractivity (Wildman–Crippen MR) is 230 cm³/mol. The molecule has 0 bridgehead atoms. The Morgan fingerprint density at radius 1 is 0.283 bits per heavy atom. The van der Waals surface area contributed by atoms with Crippen molar-refractivity contribution in [1.29, 1.82) is 0 Å². The summed E-state index contributed by atoms with van der Waals surface area (Å²) in [5, 5.41) is 11.4. The van der Waals surface area contributed by atoms with E-state index >= 15 is 0 Å². The van der Waals surface area contributed by atoms with Crippen LogP contribution in [-0.4, -0.2) is 0 Å². The van der Waals surface area contributed by atoms with Gasteiger partial charge in [0.2, 0.25) is 0 Å². The normalized spacial score (nSPS) is 14.5. The molecule has 0 unspecified atom stereocenters. The van der Waals surface area contributed by atoms with E-state index < -0.39 is 6.04 Å². The smallest absolute Gasteiger partial charge is 0.0573 e. The highest BCUT2D eigenvalue weighted by Crippen LogP contribution is 2.67. The summed E-state index contributed by atoms with van der Waals surface area (Å²) in [7, 11) is 0. The van der Waals surface area contributed by atoms with Crippen molar-refractivity contribution in [3.8, 4) is 0 Å². The number of fused-ring (bicyclic) bond motifs is 6. The molecule has 3 heterocycles. The van der Waals surface area contributed by atoms with Crippen LogP contribution >= 0.6 is 6.04 Å². The molecule has 0 saturated heterocycles. The second-order valence-corrected chi connectivity index (χ2v) is 18.2. The van der Waals surface area contributed by atoms with Gasteiger partial charge >= 0.3 is 0 Å². The van der Waals surface area contributed by atoms with Gasteiger partial charge in [0.25, 0.3) is 0 Å². The van der Waals surface area contributed by atoms with Crippen molar-refractivity contribution >= 4 is 117 Å². The Bertz CT molecular complexity index is 2910. The van der Waals surface area contributed by atoms with Crippen LogP contribution in [0.4, 0.5) is 51.2 Å². The van der Waals surface area contributed by atoms with Crippen molar-refractivity contribution in [1.82, 2.24) is 0 Å². The van der Waals surface area contributed by atoms with Gasteiger partial charge in [-0.15, -0.1) is 0 Å². The van der Waals surface area contributed by atoms with E-state index in [-0.39, 0.29) is 0 Å². The summed E-state index contributed by atoms with van der Waals surface area (Å²) in [6.07, 6.45) is 0. The number of nitrogens with zero attached hydrogens (tertiary/aromatic N) is 3. The molecule has 0 amide bonds. The van der Waals surface area contributed by atoms with E-state index in [1.54, 1.807) is 0 Å². The molecule has 0 aromatic heterocycles. The molecule has 248 valence electrons. The molecule has 0 saturated carbocycles. The lowest BCUT2D eigenvalue weighted by atomic mass is 9.94. The summed E-state index contributed by atoms with van der Waals surface area (Å²) in [5.41, 5.74) is 10.4. The number of para-hydroxylation sites is 2. The average Bonchev–Trinajstić information content (AvgIpc) is 3.22. The summed E-state index contributed by atoms with van der Waals surface area (Å²) >= 11 is 7.32. The number of anilines is 9. The molecule has 12 rings (SSSR count). The molecule has 0 radical (unpaired) electrons. The molecule has 0 atom stereocenters. The highest BCUT2D eigenvalue weighted by atomic mass is 32.4. The average molecular weight is 712 g/mol. The number of benzene rings is 9. The van der Waals surface area contributed by atoms with Crippen LogP contribution in [-0.2, 0) is 11.8 Å². The van der Waals surface area contributed by atoms with Crippen LogP contribution < -0.4 is 30.6 Å². The van der Waals surface area contributed by atoms with Crippen LogP contribution in [0.1, 0.15) is 0 Å². The van der Waals surface area contributed by atoms with E-state index in [9.17, 15) is 0 Å². The van der Waals surface area contributed by atoms with Crippen LogP contribution in [0.15, 0.2) is 182 Å². The first kappa shape index (κ1) is 29.4. The van der Waals surface area contributed by atoms with Crippen molar-refractivity contribution in [2.75, 3.05) is 14.7 Å². The maximum atomic E-state index is 7.32. The van der Waals surface area contributed by atoms with Gasteiger partial charge in [-0.1, -0.05) is 121 Å². The Morgan fingerprint density at radius 3 is 1.00 bits per heavy atom. The molecule has 0 aliphatic carbocycles. The van der Waals surface area contributed by atoms with Crippen LogP contribution in [0.3, 0.4) is 0 Å². The third-order valence-corrected chi connectivity index (χ3v) is 16.3. The minimum absolute atomic E-state index is 1.13. The van der Waals surface area contributed by atoms with Gasteiger partial charge in [-0.25, -0.2) is 0 Å². The molecular formula is C48H30N3PS. The Hall–Kier alpha value is -6.19. The molecular weight excluding hydrogens is 682 g/mol. The largest absolute Gasteiger partial charge is 0.309 e. The maximum absolute atomic E-state index is 7.32. The standard InChI is InChI=1S/C48H30N3PS/c53-52-46-40-22-11-23-41(46)50(32-16-5-2-6-17-32)43-25-13-27-45(48(43)52)51(44-26-12-24-42(47(44)52)49(40)31-14-3-1-4-15-31)33-28-29-38-36-20-8-7-18-34(36)35-19-9-10-21-37(35)39(38)30-33/h1-30H. The number of rotatable bonds is 3. The van der Waals surface area contributed by atoms with Crippen LogP contribution in [0.5, 0.6) is 0 Å². The van der Waals surface area contributed by atoms with Crippen LogP contribution in [0.25, 0.3) is 32.3 Å². The summed E-state index contributed by atoms with van der Waals surface area (Å²) < 4.78 is 0. The van der Waals surface area contributed by atoms with E-state index in [2.05, 4.69) is 197 Å². The quantitative estimate of drug-likeness (QED) is 0.133. The molecule has 9 aromatic rings. The lowest BCUT2D eigenvalue weighted by Gasteiger charge is -2.51. The van der Waals surface area contributed by atoms with Crippen molar-refractivity contribution in [2.45, 2.75) is 0 Å². The summed E-state index contributed by atoms with van der Waals surface area (Å²) in [6.45, 7) is 0. The van der Waals surface area contributed by atoms with Crippen molar-refractivity contribution in [2.24, 2.45) is 0 Å². The Labute approximate surface area is 312 Å². The molecule has 53 heavy (non-hydrogen) atoms. The van der Waals surface area contributed by atoms with E-state index in [0.717, 1.165) is 39.8 Å². The van der Waals surface area contributed by atoms with Crippen LogP contribution in [0.2, 0.25) is 0 Å². The fourth-order valence-electron chi connectivity index (χ4n) is 9.36. The zero-order valence-electron chi connectivity index (χ0n) is 28.5. The molecule has 0 fully saturated rings. The predicted octanol–water partition coefficient (Wildman–Crippen LogP) is 12.3. The zero-order chi connectivity index (χ0) is 34.8. The second-order valence-electron chi connectivity index (χ2n) is 14.0. The third-order valence-electron chi connectivity index (χ3n) is 11.4. The second kappa shape index (κ2) is 10.7. The zero-order valence-corrected chi connectivity index (χ0v) is 30.2. The summed E-state index contributed by atoms with van der Waals surface area (Å²) in [6, 6.07) is 64.0. The van der Waals surface area contributed by atoms with Gasteiger partial charge in [-0.2, -0.15) is 0 Å². The molecule has 3 aliphatic heterocycles. The highest BCUT2D eigenvalue weighted by molar-refractivity contribution is 8.26. The van der Waals surface area contributed by atoms with E-state index in [1.807, 2.05) is 0 Å². The molecule has 5 heteroatoms. The van der Waals surface area contributed by atoms with Crippen molar-refractivity contribution in [3.05, 3.63) is 182 Å². The lowest BCUT2D eigenvalue weighted by molar-refractivity contribution is 1.23. The first-order chi connectivity index (χ1) is 26.2. The Kier molecular flexibility index (Phi) is 5.92. The molecule has 3 nitrogen and oxygen atoms in total. The highest BCUT2D eigenvalue weighted by Gasteiger charge is 2.51. The minimum Gasteiger partial charge on any atom is -0.309 e. The Balaban J connectivity index is 1.22. The minimum atomic E-state index is -2.57. The van der Waals surface area contributed by atoms with Gasteiger partial charge in [0, 0.05) is 33.0 Å². The molecule has 0 spiro atoms. The van der Waals surface area contributed by atoms with Crippen molar-refractivity contribution < 1.29 is 0 Å². The number of hydrogen-bond acceptors (Lipinski definition) is 4. The Morgan fingerprint density at radius 2 is 0.604 bits per heavy atom. The van der Waals surface area contributed by atoms with Gasteiger partial charge in [-0.05, 0) is 105 Å². The lowest BCUT2D eigenvalue weighted by Crippen LogP contribution is -2.47. The van der Waals surface area contributed by atoms with E-state index in [0.29, 0.717) is 0 Å². The number of hydrogen-bond donors (Lipinski definition) is 0. The van der Waals surface area contributed by atoms with Crippen molar-refractivity contribution in [3.63, 3.8) is 0 Å². The topological polar surface area (TPSA) is 9.72 Å². The molecule has 3 aliphatic rings. The summed E-state index contributed by atoms with van der Waals surface area (Å²) in [5.74, 6) is 0. The monoisotopic (exact) mass is 711 g/mol. The van der Waals surface area contributed by atoms with Gasteiger partial charge < -0.3 is 14.7 Å². The third kappa shape index (κ3) is 3.77.